The van der Waals surface area contributed by atoms with Gasteiger partial charge in [0.2, 0.25) is 0 Å². The number of aromatic nitrogens is 2. The summed E-state index contributed by atoms with van der Waals surface area (Å²) in [7, 11) is 0. The molecule has 2 aliphatic rings. The highest BCUT2D eigenvalue weighted by Crippen LogP contribution is 2.39. The maximum atomic E-state index is 12.3. The van der Waals surface area contributed by atoms with Gasteiger partial charge < -0.3 is 15.7 Å². The number of pyridine rings is 1. The van der Waals surface area contributed by atoms with Gasteiger partial charge in [-0.2, -0.15) is 0 Å². The molecule has 0 radical (unpaired) electrons. The Kier molecular flexibility index (Phi) is 3.82. The number of benzene rings is 1. The van der Waals surface area contributed by atoms with Crippen LogP contribution in [0.1, 0.15) is 40.7 Å². The van der Waals surface area contributed by atoms with Crippen LogP contribution in [0.5, 0.6) is 0 Å². The fourth-order valence-electron chi connectivity index (χ4n) is 4.86. The van der Waals surface area contributed by atoms with Gasteiger partial charge in [-0.1, -0.05) is 12.1 Å². The van der Waals surface area contributed by atoms with Crippen LogP contribution in [-0.2, 0) is 12.8 Å². The topological polar surface area (TPSA) is 83.9 Å². The van der Waals surface area contributed by atoms with Crippen LogP contribution in [0.2, 0.25) is 0 Å². The van der Waals surface area contributed by atoms with Crippen LogP contribution in [0.3, 0.4) is 0 Å². The van der Waals surface area contributed by atoms with Crippen molar-refractivity contribution < 1.29 is 9.90 Å². The number of aliphatic hydroxyl groups is 1. The number of fused-ring (bicyclic) bond motifs is 4. The molecule has 0 atom stereocenters. The van der Waals surface area contributed by atoms with Crippen molar-refractivity contribution in [2.24, 2.45) is 11.7 Å². The molecule has 3 heterocycles. The Morgan fingerprint density at radius 2 is 1.93 bits per heavy atom. The van der Waals surface area contributed by atoms with Gasteiger partial charge in [0.25, 0.3) is 5.91 Å². The van der Waals surface area contributed by atoms with E-state index in [1.165, 1.54) is 11.4 Å². The number of aliphatic hydroxyl groups excluding tert-OH is 1. The summed E-state index contributed by atoms with van der Waals surface area (Å²) in [6.07, 6.45) is 4.86. The van der Waals surface area contributed by atoms with Gasteiger partial charge in [0.1, 0.15) is 5.82 Å². The first-order valence-corrected chi connectivity index (χ1v) is 9.79. The van der Waals surface area contributed by atoms with Gasteiger partial charge in [0, 0.05) is 19.7 Å². The minimum absolute atomic E-state index is 0.260. The van der Waals surface area contributed by atoms with Crippen LogP contribution in [0, 0.1) is 5.92 Å². The van der Waals surface area contributed by atoms with E-state index in [2.05, 4.69) is 15.4 Å². The van der Waals surface area contributed by atoms with Crippen molar-refractivity contribution in [2.45, 2.75) is 32.1 Å². The number of piperidine rings is 1. The molecule has 6 nitrogen and oxygen atoms in total. The summed E-state index contributed by atoms with van der Waals surface area (Å²) < 4.78 is 2.15. The number of hydrogen-bond donors (Lipinski definition) is 2. The van der Waals surface area contributed by atoms with Crippen LogP contribution >= 0.6 is 0 Å². The highest BCUT2D eigenvalue weighted by atomic mass is 16.3. The minimum Gasteiger partial charge on any atom is -0.396 e. The van der Waals surface area contributed by atoms with E-state index in [9.17, 15) is 9.90 Å². The molecule has 1 aliphatic carbocycles. The zero-order chi connectivity index (χ0) is 18.5. The molecule has 1 saturated heterocycles. The van der Waals surface area contributed by atoms with Crippen molar-refractivity contribution in [1.82, 2.24) is 9.38 Å². The minimum atomic E-state index is -0.390. The third-order valence-corrected chi connectivity index (χ3v) is 6.20. The van der Waals surface area contributed by atoms with Crippen molar-refractivity contribution in [3.05, 3.63) is 41.0 Å². The van der Waals surface area contributed by atoms with E-state index in [0.29, 0.717) is 17.1 Å². The average Bonchev–Trinajstić information content (AvgIpc) is 3.30. The predicted molar refractivity (Wildman–Crippen MR) is 105 cm³/mol. The number of hydrogen-bond acceptors (Lipinski definition) is 4. The molecule has 6 heteroatoms. The Hall–Kier alpha value is -2.60. The number of carbonyl (C=O) groups excluding carboxylic acids is 1. The second-order valence-corrected chi connectivity index (χ2v) is 7.75. The summed E-state index contributed by atoms with van der Waals surface area (Å²) >= 11 is 0. The second kappa shape index (κ2) is 6.23. The van der Waals surface area contributed by atoms with Crippen LogP contribution in [-0.4, -0.2) is 40.1 Å². The average molecular weight is 364 g/mol. The Bertz CT molecular complexity index is 1050. The lowest BCUT2D eigenvalue weighted by atomic mass is 9.96. The maximum absolute atomic E-state index is 12.3. The Balaban J connectivity index is 1.82. The zero-order valence-electron chi connectivity index (χ0n) is 15.3. The molecule has 0 unspecified atom stereocenters. The van der Waals surface area contributed by atoms with Gasteiger partial charge >= 0.3 is 0 Å². The molecule has 1 aliphatic heterocycles. The summed E-state index contributed by atoms with van der Waals surface area (Å²) in [5, 5.41) is 9.50. The first-order valence-electron chi connectivity index (χ1n) is 9.79. The zero-order valence-corrected chi connectivity index (χ0v) is 15.3. The number of nitrogens with zero attached hydrogens (tertiary/aromatic N) is 3. The molecule has 0 spiro atoms. The number of amides is 1. The van der Waals surface area contributed by atoms with E-state index in [-0.39, 0.29) is 12.5 Å². The van der Waals surface area contributed by atoms with Gasteiger partial charge in [0.05, 0.1) is 16.6 Å². The molecule has 2 aromatic heterocycles. The molecular weight excluding hydrogens is 340 g/mol. The molecule has 1 amide bonds. The molecule has 0 saturated carbocycles. The van der Waals surface area contributed by atoms with Crippen LogP contribution in [0.25, 0.3) is 16.7 Å². The van der Waals surface area contributed by atoms with E-state index in [1.807, 2.05) is 18.2 Å². The SMILES string of the molecule is NC(=O)c1c2c(c(N3CCC(CO)CC3)n3c1nc1ccccc13)CCC2. The highest BCUT2D eigenvalue weighted by molar-refractivity contribution is 6.03. The van der Waals surface area contributed by atoms with Crippen LogP contribution < -0.4 is 10.6 Å². The van der Waals surface area contributed by atoms with Crippen LogP contribution in [0.4, 0.5) is 5.82 Å². The number of para-hydroxylation sites is 2. The number of anilines is 1. The maximum Gasteiger partial charge on any atom is 0.252 e. The van der Waals surface area contributed by atoms with E-state index < -0.39 is 0 Å². The fourth-order valence-corrected chi connectivity index (χ4v) is 4.86. The van der Waals surface area contributed by atoms with Crippen molar-refractivity contribution in [3.63, 3.8) is 0 Å². The number of nitrogens with two attached hydrogens (primary N) is 1. The summed E-state index contributed by atoms with van der Waals surface area (Å²) in [5.74, 6) is 1.17. The highest BCUT2D eigenvalue weighted by Gasteiger charge is 2.31. The van der Waals surface area contributed by atoms with Gasteiger partial charge in [-0.25, -0.2) is 4.98 Å². The first-order chi connectivity index (χ1) is 13.2. The Morgan fingerprint density at radius 3 is 2.67 bits per heavy atom. The first kappa shape index (κ1) is 16.6. The smallest absolute Gasteiger partial charge is 0.252 e. The molecule has 1 aromatic carbocycles. The standard InChI is InChI=1S/C21H24N4O2/c22-19(27)18-14-4-3-5-15(14)21(24-10-8-13(12-26)9-11-24)25-17-7-2-1-6-16(17)23-20(18)25/h1-2,6-7,13,26H,3-5,8-12H2,(H2,22,27). The lowest BCUT2D eigenvalue weighted by Crippen LogP contribution is -2.37. The summed E-state index contributed by atoms with van der Waals surface area (Å²) in [6, 6.07) is 8.03. The molecule has 0 bridgehead atoms. The van der Waals surface area contributed by atoms with E-state index in [1.54, 1.807) is 0 Å². The third-order valence-electron chi connectivity index (χ3n) is 6.20. The fraction of sp³-hybridized carbons (Fsp3) is 0.429. The predicted octanol–water partition coefficient (Wildman–Crippen LogP) is 2.28. The number of carbonyl (C=O) groups is 1. The van der Waals surface area contributed by atoms with E-state index in [0.717, 1.165) is 61.8 Å². The molecule has 5 rings (SSSR count). The molecule has 140 valence electrons. The summed E-state index contributed by atoms with van der Waals surface area (Å²) in [6.45, 7) is 2.08. The largest absolute Gasteiger partial charge is 0.396 e. The Labute approximate surface area is 157 Å². The Morgan fingerprint density at radius 1 is 1.19 bits per heavy atom. The summed E-state index contributed by atoms with van der Waals surface area (Å²) in [4.78, 5) is 19.6. The number of rotatable bonds is 3. The van der Waals surface area contributed by atoms with Crippen molar-refractivity contribution in [3.8, 4) is 0 Å². The van der Waals surface area contributed by atoms with Crippen LogP contribution in [0.15, 0.2) is 24.3 Å². The van der Waals surface area contributed by atoms with Gasteiger partial charge in [-0.05, 0) is 61.3 Å². The molecule has 3 N–H and O–H groups in total. The van der Waals surface area contributed by atoms with Gasteiger partial charge in [-0.3, -0.25) is 9.20 Å². The monoisotopic (exact) mass is 364 g/mol. The molecule has 1 fully saturated rings. The van der Waals surface area contributed by atoms with Crippen molar-refractivity contribution in [1.29, 1.82) is 0 Å². The number of primary amides is 1. The van der Waals surface area contributed by atoms with E-state index >= 15 is 0 Å². The lowest BCUT2D eigenvalue weighted by molar-refractivity contribution is 0.100. The third kappa shape index (κ3) is 2.43. The second-order valence-electron chi connectivity index (χ2n) is 7.75. The quantitative estimate of drug-likeness (QED) is 0.747. The molecule has 27 heavy (non-hydrogen) atoms. The lowest BCUT2D eigenvalue weighted by Gasteiger charge is -2.35. The molecule has 3 aromatic rings. The van der Waals surface area contributed by atoms with E-state index in [4.69, 9.17) is 10.7 Å². The summed E-state index contributed by atoms with van der Waals surface area (Å²) in [5.41, 5.74) is 11.3. The number of imidazole rings is 1. The van der Waals surface area contributed by atoms with Gasteiger partial charge in [-0.15, -0.1) is 0 Å². The van der Waals surface area contributed by atoms with Gasteiger partial charge in [0.15, 0.2) is 5.65 Å². The normalized spacial score (nSPS) is 17.7. The van der Waals surface area contributed by atoms with Crippen molar-refractivity contribution in [2.75, 3.05) is 24.6 Å². The molecular formula is C21H24N4O2. The van der Waals surface area contributed by atoms with Crippen molar-refractivity contribution >= 4 is 28.4 Å².